The van der Waals surface area contributed by atoms with E-state index in [0.29, 0.717) is 27.4 Å². The number of rotatable bonds is 7. The van der Waals surface area contributed by atoms with Crippen LogP contribution in [-0.2, 0) is 11.4 Å². The molecule has 3 aromatic carbocycles. The Bertz CT molecular complexity index is 1210. The number of aliphatic imine (C=N–C) groups is 1. The zero-order valence-electron chi connectivity index (χ0n) is 18.0. The number of amidine groups is 1. The maximum absolute atomic E-state index is 13.5. The third-order valence-corrected chi connectivity index (χ3v) is 6.13. The summed E-state index contributed by atoms with van der Waals surface area (Å²) in [5.41, 5.74) is 2.24. The van der Waals surface area contributed by atoms with Gasteiger partial charge in [0.2, 0.25) is 0 Å². The second kappa shape index (κ2) is 10.7. The topological polar surface area (TPSA) is 41.9 Å². The Labute approximate surface area is 201 Å². The van der Waals surface area contributed by atoms with Gasteiger partial charge in [0.05, 0.1) is 10.6 Å². The third kappa shape index (κ3) is 5.83. The minimum Gasteiger partial charge on any atom is -0.488 e. The molecule has 0 unspecified atom stereocenters. The van der Waals surface area contributed by atoms with Crippen LogP contribution in [0.5, 0.6) is 5.75 Å². The van der Waals surface area contributed by atoms with Gasteiger partial charge in [-0.2, -0.15) is 0 Å². The minimum atomic E-state index is -0.303. The number of nitrogens with zero attached hydrogens (tertiary/aromatic N) is 2. The summed E-state index contributed by atoms with van der Waals surface area (Å²) in [5.74, 6) is 0.227. The van der Waals surface area contributed by atoms with Crippen LogP contribution in [0.15, 0.2) is 82.7 Å². The summed E-state index contributed by atoms with van der Waals surface area (Å²) in [4.78, 5) is 20.1. The molecule has 3 aromatic rings. The number of benzene rings is 3. The van der Waals surface area contributed by atoms with Crippen LogP contribution in [-0.4, -0.2) is 22.5 Å². The van der Waals surface area contributed by atoms with Gasteiger partial charge in [0.15, 0.2) is 5.17 Å². The highest BCUT2D eigenvalue weighted by Crippen LogP contribution is 2.36. The lowest BCUT2D eigenvalue weighted by Crippen LogP contribution is -2.29. The molecule has 0 spiro atoms. The molecule has 0 aliphatic carbocycles. The van der Waals surface area contributed by atoms with Crippen molar-refractivity contribution in [3.8, 4) is 5.75 Å². The fourth-order valence-corrected chi connectivity index (χ4v) is 4.44. The van der Waals surface area contributed by atoms with Crippen molar-refractivity contribution < 1.29 is 13.9 Å². The van der Waals surface area contributed by atoms with Gasteiger partial charge in [0.25, 0.3) is 5.91 Å². The van der Waals surface area contributed by atoms with Crippen molar-refractivity contribution in [2.45, 2.75) is 20.0 Å². The van der Waals surface area contributed by atoms with Crippen LogP contribution < -0.4 is 4.74 Å². The molecule has 1 fully saturated rings. The highest BCUT2D eigenvalue weighted by Gasteiger charge is 2.33. The molecule has 0 atom stereocenters. The second-order valence-corrected chi connectivity index (χ2v) is 8.84. The lowest BCUT2D eigenvalue weighted by molar-refractivity contribution is -0.122. The summed E-state index contributed by atoms with van der Waals surface area (Å²) in [6.45, 7) is 2.83. The molecule has 0 radical (unpaired) electrons. The van der Waals surface area contributed by atoms with Crippen molar-refractivity contribution in [1.29, 1.82) is 0 Å². The number of hydrogen-bond acceptors (Lipinski definition) is 4. The molecular formula is C26H22ClFN2O2S. The maximum atomic E-state index is 13.5. The van der Waals surface area contributed by atoms with Gasteiger partial charge in [-0.1, -0.05) is 48.9 Å². The van der Waals surface area contributed by atoms with Crippen LogP contribution in [0.25, 0.3) is 6.08 Å². The van der Waals surface area contributed by atoms with Crippen molar-refractivity contribution in [2.75, 3.05) is 6.54 Å². The number of para-hydroxylation sites is 1. The molecule has 4 rings (SSSR count). The van der Waals surface area contributed by atoms with Gasteiger partial charge in [-0.15, -0.1) is 0 Å². The molecule has 0 N–H and O–H groups in total. The van der Waals surface area contributed by atoms with Crippen molar-refractivity contribution in [1.82, 2.24) is 4.90 Å². The van der Waals surface area contributed by atoms with Gasteiger partial charge in [-0.05, 0) is 72.3 Å². The summed E-state index contributed by atoms with van der Waals surface area (Å²) >= 11 is 7.31. The van der Waals surface area contributed by atoms with E-state index in [0.717, 1.165) is 23.2 Å². The Morgan fingerprint density at radius 3 is 2.64 bits per heavy atom. The average Bonchev–Trinajstić information content (AvgIpc) is 3.09. The van der Waals surface area contributed by atoms with E-state index in [-0.39, 0.29) is 18.3 Å². The van der Waals surface area contributed by atoms with E-state index in [4.69, 9.17) is 16.3 Å². The lowest BCUT2D eigenvalue weighted by atomic mass is 10.1. The van der Waals surface area contributed by atoms with E-state index in [9.17, 15) is 9.18 Å². The first-order valence-corrected chi connectivity index (χ1v) is 11.7. The first-order chi connectivity index (χ1) is 16.0. The van der Waals surface area contributed by atoms with Crippen molar-refractivity contribution >= 4 is 46.2 Å². The summed E-state index contributed by atoms with van der Waals surface area (Å²) < 4.78 is 19.4. The van der Waals surface area contributed by atoms with Crippen molar-refractivity contribution in [3.05, 3.63) is 99.7 Å². The molecule has 1 aliphatic heterocycles. The average molecular weight is 481 g/mol. The predicted molar refractivity (Wildman–Crippen MR) is 133 cm³/mol. The van der Waals surface area contributed by atoms with Crippen LogP contribution in [0.2, 0.25) is 5.02 Å². The molecule has 0 aromatic heterocycles. The first kappa shape index (κ1) is 23.1. The molecule has 1 amide bonds. The first-order valence-electron chi connectivity index (χ1n) is 10.6. The smallest absolute Gasteiger partial charge is 0.266 e. The standard InChI is InChI=1S/C26H22ClFN2O2S/c1-2-14-30-25(31)24(33-26(30)29-22-12-10-20(27)11-13-22)16-19-7-3-4-9-23(19)32-17-18-6-5-8-21(28)15-18/h3-13,15-16H,2,14,17H2,1H3/b24-16-,29-26?. The normalized spacial score (nSPS) is 16.1. The van der Waals surface area contributed by atoms with Crippen LogP contribution in [0.1, 0.15) is 24.5 Å². The van der Waals surface area contributed by atoms with E-state index in [1.807, 2.05) is 55.5 Å². The van der Waals surface area contributed by atoms with Gasteiger partial charge in [0, 0.05) is 17.1 Å². The Morgan fingerprint density at radius 1 is 1.09 bits per heavy atom. The highest BCUT2D eigenvalue weighted by molar-refractivity contribution is 8.18. The summed E-state index contributed by atoms with van der Waals surface area (Å²) in [6.07, 6.45) is 2.63. The number of ether oxygens (including phenoxy) is 1. The zero-order chi connectivity index (χ0) is 23.2. The molecule has 4 nitrogen and oxygen atoms in total. The van der Waals surface area contributed by atoms with Gasteiger partial charge >= 0.3 is 0 Å². The molecule has 0 bridgehead atoms. The number of amides is 1. The van der Waals surface area contributed by atoms with Crippen LogP contribution in [0.3, 0.4) is 0 Å². The Hall–Kier alpha value is -3.09. The van der Waals surface area contributed by atoms with E-state index >= 15 is 0 Å². The molecule has 1 saturated heterocycles. The monoisotopic (exact) mass is 480 g/mol. The van der Waals surface area contributed by atoms with E-state index in [1.54, 1.807) is 23.1 Å². The Balaban J connectivity index is 1.59. The maximum Gasteiger partial charge on any atom is 0.266 e. The molecule has 7 heteroatoms. The number of hydrogen-bond donors (Lipinski definition) is 0. The lowest BCUT2D eigenvalue weighted by Gasteiger charge is -2.14. The van der Waals surface area contributed by atoms with E-state index in [1.165, 1.54) is 23.9 Å². The van der Waals surface area contributed by atoms with E-state index in [2.05, 4.69) is 4.99 Å². The fraction of sp³-hybridized carbons (Fsp3) is 0.154. The number of halogens is 2. The van der Waals surface area contributed by atoms with Crippen molar-refractivity contribution in [2.24, 2.45) is 4.99 Å². The largest absolute Gasteiger partial charge is 0.488 e. The van der Waals surface area contributed by atoms with E-state index < -0.39 is 0 Å². The van der Waals surface area contributed by atoms with Gasteiger partial charge in [-0.3, -0.25) is 9.69 Å². The Morgan fingerprint density at radius 2 is 1.88 bits per heavy atom. The van der Waals surface area contributed by atoms with Crippen molar-refractivity contribution in [3.63, 3.8) is 0 Å². The predicted octanol–water partition coefficient (Wildman–Crippen LogP) is 7.07. The molecule has 33 heavy (non-hydrogen) atoms. The third-order valence-electron chi connectivity index (χ3n) is 4.88. The summed E-state index contributed by atoms with van der Waals surface area (Å²) in [7, 11) is 0. The fourth-order valence-electron chi connectivity index (χ4n) is 3.30. The number of carbonyl (C=O) groups excluding carboxylic acids is 1. The molecule has 1 aliphatic rings. The summed E-state index contributed by atoms with van der Waals surface area (Å²) in [5, 5.41) is 1.27. The van der Waals surface area contributed by atoms with Crippen LogP contribution in [0, 0.1) is 5.82 Å². The highest BCUT2D eigenvalue weighted by atomic mass is 35.5. The molecule has 1 heterocycles. The second-order valence-electron chi connectivity index (χ2n) is 7.39. The minimum absolute atomic E-state index is 0.0884. The molecule has 0 saturated carbocycles. The van der Waals surface area contributed by atoms with Crippen LogP contribution in [0.4, 0.5) is 10.1 Å². The molecule has 168 valence electrons. The van der Waals surface area contributed by atoms with Gasteiger partial charge < -0.3 is 4.74 Å². The number of thioether (sulfide) groups is 1. The molecular weight excluding hydrogens is 459 g/mol. The van der Waals surface area contributed by atoms with Gasteiger partial charge in [-0.25, -0.2) is 9.38 Å². The Kier molecular flexibility index (Phi) is 7.47. The van der Waals surface area contributed by atoms with Crippen LogP contribution >= 0.6 is 23.4 Å². The van der Waals surface area contributed by atoms with Gasteiger partial charge in [0.1, 0.15) is 18.2 Å². The summed E-state index contributed by atoms with van der Waals surface area (Å²) in [6, 6.07) is 21.0. The quantitative estimate of drug-likeness (QED) is 0.339. The zero-order valence-corrected chi connectivity index (χ0v) is 19.6. The number of carbonyl (C=O) groups is 1. The SMILES string of the molecule is CCCN1C(=O)/C(=C/c2ccccc2OCc2cccc(F)c2)SC1=Nc1ccc(Cl)cc1.